The van der Waals surface area contributed by atoms with Crippen LogP contribution in [-0.2, 0) is 19.8 Å². The van der Waals surface area contributed by atoms with Gasteiger partial charge in [-0.1, -0.05) is 12.1 Å². The van der Waals surface area contributed by atoms with E-state index in [1.54, 1.807) is 0 Å². The van der Waals surface area contributed by atoms with Gasteiger partial charge in [-0.2, -0.15) is 9.13 Å². The smallest absolute Gasteiger partial charge is 0.305 e. The van der Waals surface area contributed by atoms with E-state index in [1.165, 1.54) is 11.1 Å². The molecule has 0 radical (unpaired) electrons. The fourth-order valence-corrected chi connectivity index (χ4v) is 5.29. The van der Waals surface area contributed by atoms with Crippen LogP contribution in [0.25, 0.3) is 23.3 Å². The molecule has 9 heteroatoms. The van der Waals surface area contributed by atoms with Crippen molar-refractivity contribution in [3.63, 3.8) is 0 Å². The van der Waals surface area contributed by atoms with Crippen molar-refractivity contribution in [3.8, 4) is 23.3 Å². The highest BCUT2D eigenvalue weighted by molar-refractivity contribution is 5.68. The Morgan fingerprint density at radius 1 is 1.03 bits per heavy atom. The molecule has 0 saturated heterocycles. The van der Waals surface area contributed by atoms with Crippen LogP contribution >= 0.6 is 0 Å². The molecule has 7 rings (SSSR count). The van der Waals surface area contributed by atoms with Gasteiger partial charge in [0.25, 0.3) is 11.8 Å². The van der Waals surface area contributed by atoms with E-state index in [1.807, 2.05) is 35.9 Å². The van der Waals surface area contributed by atoms with Gasteiger partial charge in [-0.25, -0.2) is 9.55 Å². The molecule has 2 aliphatic heterocycles. The third kappa shape index (κ3) is 1.66. The lowest BCUT2D eigenvalue weighted by Crippen LogP contribution is -2.58. The minimum atomic E-state index is -0.591. The van der Waals surface area contributed by atoms with E-state index < -0.39 is 5.66 Å². The van der Waals surface area contributed by atoms with Gasteiger partial charge in [0.15, 0.2) is 5.69 Å². The quantitative estimate of drug-likeness (QED) is 0.377. The first-order valence-corrected chi connectivity index (χ1v) is 10.3. The fourth-order valence-electron chi connectivity index (χ4n) is 5.29. The molecule has 0 unspecified atom stereocenters. The van der Waals surface area contributed by atoms with Crippen molar-refractivity contribution in [2.75, 3.05) is 0 Å². The van der Waals surface area contributed by atoms with Crippen LogP contribution in [0.3, 0.4) is 0 Å². The topological polar surface area (TPSA) is 66.2 Å². The van der Waals surface area contributed by atoms with E-state index in [0.717, 1.165) is 34.8 Å². The van der Waals surface area contributed by atoms with Crippen molar-refractivity contribution < 1.29 is 9.13 Å². The van der Waals surface area contributed by atoms with Crippen LogP contribution < -0.4 is 9.13 Å². The summed E-state index contributed by atoms with van der Waals surface area (Å²) in [5.41, 5.74) is 5.00. The summed E-state index contributed by atoms with van der Waals surface area (Å²) >= 11 is 0. The van der Waals surface area contributed by atoms with Crippen molar-refractivity contribution in [2.24, 2.45) is 14.1 Å². The number of benzene rings is 1. The van der Waals surface area contributed by atoms with E-state index in [-0.39, 0.29) is 0 Å². The van der Waals surface area contributed by atoms with E-state index in [4.69, 9.17) is 15.2 Å². The average Bonchev–Trinajstić information content (AvgIpc) is 3.57. The Kier molecular flexibility index (Phi) is 2.80. The predicted octanol–water partition coefficient (Wildman–Crippen LogP) is 0.913. The third-order valence-corrected chi connectivity index (χ3v) is 6.90. The van der Waals surface area contributed by atoms with Crippen molar-refractivity contribution in [2.45, 2.75) is 19.5 Å². The number of fused-ring (bicyclic) bond motifs is 10. The van der Waals surface area contributed by atoms with E-state index >= 15 is 0 Å². The standard InChI is InChI=1S/C22H21N9/c1-14-15(2)27(4)20(25-14)31-21-29(13-24-31)22(18-9-10-23-30(18)21)17-8-6-5-7-16(17)19-26(3)11-12-28(19)22/h5-13H,1-4H3/q+2/t22-/m1/s1. The van der Waals surface area contributed by atoms with Crippen LogP contribution in [0.1, 0.15) is 22.6 Å². The van der Waals surface area contributed by atoms with E-state index in [2.05, 4.69) is 75.0 Å². The Labute approximate surface area is 178 Å². The largest absolute Gasteiger partial charge is 0.387 e. The first-order chi connectivity index (χ1) is 15.0. The minimum Gasteiger partial charge on any atom is -0.305 e. The molecule has 152 valence electrons. The lowest BCUT2D eigenvalue weighted by molar-refractivity contribution is -0.737. The third-order valence-electron chi connectivity index (χ3n) is 6.90. The minimum absolute atomic E-state index is 0.591. The second-order valence-corrected chi connectivity index (χ2v) is 8.30. The van der Waals surface area contributed by atoms with Crippen molar-refractivity contribution in [1.82, 2.24) is 33.7 Å². The molecule has 0 N–H and O–H groups in total. The molecular formula is C22H21N9+2. The molecular weight excluding hydrogens is 390 g/mol. The zero-order valence-corrected chi connectivity index (χ0v) is 17.7. The number of hydrogen-bond donors (Lipinski definition) is 0. The first-order valence-electron chi connectivity index (χ1n) is 10.3. The summed E-state index contributed by atoms with van der Waals surface area (Å²) in [5, 5.41) is 9.49. The molecule has 1 atom stereocenters. The second kappa shape index (κ2) is 5.18. The van der Waals surface area contributed by atoms with Crippen LogP contribution in [-0.4, -0.2) is 33.7 Å². The number of aryl methyl sites for hydroxylation is 2. The van der Waals surface area contributed by atoms with Gasteiger partial charge in [0, 0.05) is 18.8 Å². The molecule has 0 amide bonds. The maximum absolute atomic E-state index is 4.79. The molecule has 5 aromatic rings. The number of rotatable bonds is 1. The fraction of sp³-hybridized carbons (Fsp3) is 0.227. The molecule has 6 heterocycles. The number of imidazole rings is 2. The van der Waals surface area contributed by atoms with Crippen molar-refractivity contribution in [3.05, 3.63) is 77.9 Å². The predicted molar refractivity (Wildman–Crippen MR) is 110 cm³/mol. The Bertz CT molecular complexity index is 1540. The normalized spacial score (nSPS) is 17.8. The SMILES string of the molecule is Cc1nc(-n2nc[n+]3c2-n2nccc2[C@@]32c3ccccc3-c3n2cc[n+]3C)n(C)c1C. The lowest BCUT2D eigenvalue weighted by atomic mass is 9.95. The molecule has 1 aromatic carbocycles. The van der Waals surface area contributed by atoms with Gasteiger partial charge in [0.2, 0.25) is 6.33 Å². The van der Waals surface area contributed by atoms with Crippen LogP contribution in [0.2, 0.25) is 0 Å². The summed E-state index contributed by atoms with van der Waals surface area (Å²) in [6.07, 6.45) is 8.00. The van der Waals surface area contributed by atoms with Gasteiger partial charge in [-0.3, -0.25) is 0 Å². The van der Waals surface area contributed by atoms with Crippen LogP contribution in [0.15, 0.2) is 55.2 Å². The molecule has 31 heavy (non-hydrogen) atoms. The Morgan fingerprint density at radius 2 is 1.87 bits per heavy atom. The maximum Gasteiger partial charge on any atom is 0.387 e. The van der Waals surface area contributed by atoms with Gasteiger partial charge in [0.05, 0.1) is 30.1 Å². The summed E-state index contributed by atoms with van der Waals surface area (Å²) in [4.78, 5) is 4.79. The van der Waals surface area contributed by atoms with Crippen LogP contribution in [0.4, 0.5) is 0 Å². The van der Waals surface area contributed by atoms with Crippen molar-refractivity contribution in [1.29, 1.82) is 0 Å². The molecule has 9 nitrogen and oxygen atoms in total. The molecule has 2 aliphatic rings. The molecule has 0 fully saturated rings. The number of hydrogen-bond acceptors (Lipinski definition) is 3. The Hall–Kier alpha value is -4.01. The Balaban J connectivity index is 1.63. The van der Waals surface area contributed by atoms with E-state index in [0.29, 0.717) is 0 Å². The summed E-state index contributed by atoms with van der Waals surface area (Å²) in [6.45, 7) is 4.10. The van der Waals surface area contributed by atoms with Crippen LogP contribution in [0, 0.1) is 13.8 Å². The highest BCUT2D eigenvalue weighted by atomic mass is 15.6. The molecule has 0 bridgehead atoms. The van der Waals surface area contributed by atoms with Gasteiger partial charge in [-0.05, 0) is 35.8 Å². The monoisotopic (exact) mass is 411 g/mol. The van der Waals surface area contributed by atoms with Crippen molar-refractivity contribution >= 4 is 0 Å². The van der Waals surface area contributed by atoms with Gasteiger partial charge >= 0.3 is 11.6 Å². The molecule has 4 aromatic heterocycles. The lowest BCUT2D eigenvalue weighted by Gasteiger charge is -2.19. The summed E-state index contributed by atoms with van der Waals surface area (Å²) in [5.74, 6) is 2.78. The zero-order chi connectivity index (χ0) is 21.1. The maximum atomic E-state index is 4.79. The van der Waals surface area contributed by atoms with E-state index in [9.17, 15) is 0 Å². The Morgan fingerprint density at radius 3 is 2.68 bits per heavy atom. The van der Waals surface area contributed by atoms with Gasteiger partial charge in [-0.15, -0.1) is 9.78 Å². The molecule has 0 saturated carbocycles. The van der Waals surface area contributed by atoms with Gasteiger partial charge < -0.3 is 4.57 Å². The second-order valence-electron chi connectivity index (χ2n) is 8.30. The number of aromatic nitrogens is 9. The summed E-state index contributed by atoms with van der Waals surface area (Å²) in [7, 11) is 4.11. The zero-order valence-electron chi connectivity index (χ0n) is 17.7. The highest BCUT2D eigenvalue weighted by Crippen LogP contribution is 2.47. The number of nitrogens with zero attached hydrogens (tertiary/aromatic N) is 9. The average molecular weight is 411 g/mol. The highest BCUT2D eigenvalue weighted by Gasteiger charge is 2.64. The van der Waals surface area contributed by atoms with Gasteiger partial charge in [0.1, 0.15) is 12.4 Å². The summed E-state index contributed by atoms with van der Waals surface area (Å²) < 4.78 is 12.6. The summed E-state index contributed by atoms with van der Waals surface area (Å²) in [6, 6.07) is 10.7. The van der Waals surface area contributed by atoms with Crippen LogP contribution in [0.5, 0.6) is 0 Å². The first kappa shape index (κ1) is 16.8. The molecule has 0 aliphatic carbocycles. The molecule has 1 spiro atoms.